The van der Waals surface area contributed by atoms with E-state index in [0.29, 0.717) is 13.0 Å². The fourth-order valence-electron chi connectivity index (χ4n) is 1.78. The highest BCUT2D eigenvalue weighted by molar-refractivity contribution is 9.10. The Bertz CT molecular complexity index is 508. The van der Waals surface area contributed by atoms with Crippen LogP contribution in [0, 0.1) is 5.92 Å². The maximum absolute atomic E-state index is 11.1. The lowest BCUT2D eigenvalue weighted by atomic mass is 9.99. The number of carboxylic acid groups (broad SMARTS) is 1. The summed E-state index contributed by atoms with van der Waals surface area (Å²) in [5.41, 5.74) is 0.979. The van der Waals surface area contributed by atoms with Crippen LogP contribution in [0.3, 0.4) is 0 Å². The summed E-state index contributed by atoms with van der Waals surface area (Å²) in [6, 6.07) is 7.62. The van der Waals surface area contributed by atoms with Crippen LogP contribution in [-0.4, -0.2) is 15.5 Å². The van der Waals surface area contributed by atoms with Crippen LogP contribution >= 0.6 is 15.9 Å². The van der Waals surface area contributed by atoms with Crippen molar-refractivity contribution < 1.29 is 9.90 Å². The summed E-state index contributed by atoms with van der Waals surface area (Å²) >= 11 is 3.35. The maximum atomic E-state index is 11.1. The van der Waals surface area contributed by atoms with Crippen LogP contribution in [0.15, 0.2) is 47.5 Å². The molecule has 0 fully saturated rings. The molecule has 2 rings (SSSR count). The van der Waals surface area contributed by atoms with Crippen LogP contribution in [0.2, 0.25) is 0 Å². The minimum Gasteiger partial charge on any atom is -0.550 e. The van der Waals surface area contributed by atoms with E-state index in [1.807, 2.05) is 24.3 Å². The number of carbonyl (C=O) groups is 1. The van der Waals surface area contributed by atoms with Gasteiger partial charge in [0.05, 0.1) is 6.33 Å². The van der Waals surface area contributed by atoms with Gasteiger partial charge in [0, 0.05) is 35.3 Å². The van der Waals surface area contributed by atoms with Crippen molar-refractivity contribution in [2.24, 2.45) is 5.92 Å². The van der Waals surface area contributed by atoms with E-state index in [1.54, 1.807) is 23.3 Å². The lowest BCUT2D eigenvalue weighted by Crippen LogP contribution is -2.35. The third kappa shape index (κ3) is 3.43. The van der Waals surface area contributed by atoms with Crippen molar-refractivity contribution in [2.75, 3.05) is 0 Å². The van der Waals surface area contributed by atoms with Crippen LogP contribution < -0.4 is 5.11 Å². The predicted molar refractivity (Wildman–Crippen MR) is 68.6 cm³/mol. The molecule has 0 N–H and O–H groups in total. The van der Waals surface area contributed by atoms with Gasteiger partial charge in [-0.15, -0.1) is 0 Å². The van der Waals surface area contributed by atoms with Gasteiger partial charge in [-0.2, -0.15) is 0 Å². The maximum Gasteiger partial charge on any atom is 0.0946 e. The van der Waals surface area contributed by atoms with E-state index < -0.39 is 11.9 Å². The fraction of sp³-hybridized carbons (Fsp3) is 0.231. The molecule has 94 valence electrons. The molecule has 1 atom stereocenters. The number of imidazole rings is 1. The summed E-state index contributed by atoms with van der Waals surface area (Å²) in [5.74, 6) is -1.59. The molecular weight excluding hydrogens is 296 g/mol. The third-order valence-corrected chi connectivity index (χ3v) is 3.25. The van der Waals surface area contributed by atoms with Gasteiger partial charge in [0.15, 0.2) is 0 Å². The first-order valence-corrected chi connectivity index (χ1v) is 6.35. The Hall–Kier alpha value is -1.62. The largest absolute Gasteiger partial charge is 0.550 e. The molecule has 18 heavy (non-hydrogen) atoms. The summed E-state index contributed by atoms with van der Waals surface area (Å²) in [4.78, 5) is 15.0. The Morgan fingerprint density at radius 2 is 2.11 bits per heavy atom. The van der Waals surface area contributed by atoms with Crippen molar-refractivity contribution in [3.8, 4) is 0 Å². The molecule has 1 aromatic carbocycles. The van der Waals surface area contributed by atoms with E-state index in [0.717, 1.165) is 10.0 Å². The van der Waals surface area contributed by atoms with E-state index >= 15 is 0 Å². The molecule has 0 aliphatic carbocycles. The molecule has 0 radical (unpaired) electrons. The van der Waals surface area contributed by atoms with E-state index in [1.165, 1.54) is 0 Å². The van der Waals surface area contributed by atoms with Crippen molar-refractivity contribution in [3.63, 3.8) is 0 Å². The second-order valence-corrected chi connectivity index (χ2v) is 5.02. The summed E-state index contributed by atoms with van der Waals surface area (Å²) < 4.78 is 2.73. The second kappa shape index (κ2) is 5.82. The smallest absolute Gasteiger partial charge is 0.0946 e. The number of benzene rings is 1. The van der Waals surface area contributed by atoms with Gasteiger partial charge < -0.3 is 14.5 Å². The number of aromatic nitrogens is 2. The van der Waals surface area contributed by atoms with Gasteiger partial charge in [0.1, 0.15) is 0 Å². The van der Waals surface area contributed by atoms with Crippen LogP contribution in [0.1, 0.15) is 5.56 Å². The molecule has 1 heterocycles. The highest BCUT2D eigenvalue weighted by Crippen LogP contribution is 2.15. The zero-order valence-electron chi connectivity index (χ0n) is 9.62. The molecule has 0 amide bonds. The van der Waals surface area contributed by atoms with Gasteiger partial charge in [0.25, 0.3) is 0 Å². The van der Waals surface area contributed by atoms with Crippen LogP contribution in [0.4, 0.5) is 0 Å². The molecule has 0 spiro atoms. The third-order valence-electron chi connectivity index (χ3n) is 2.72. The highest BCUT2D eigenvalue weighted by Gasteiger charge is 2.11. The number of carboxylic acids is 1. The van der Waals surface area contributed by atoms with Gasteiger partial charge >= 0.3 is 0 Å². The second-order valence-electron chi connectivity index (χ2n) is 4.11. The Balaban J connectivity index is 2.06. The average Bonchev–Trinajstić information content (AvgIpc) is 2.84. The van der Waals surface area contributed by atoms with E-state index in [4.69, 9.17) is 0 Å². The van der Waals surface area contributed by atoms with E-state index in [2.05, 4.69) is 20.9 Å². The van der Waals surface area contributed by atoms with Crippen molar-refractivity contribution in [2.45, 2.75) is 13.0 Å². The number of hydrogen-bond donors (Lipinski definition) is 0. The summed E-state index contributed by atoms with van der Waals surface area (Å²) in [6.45, 7) is 0.373. The Kier molecular flexibility index (Phi) is 4.15. The highest BCUT2D eigenvalue weighted by atomic mass is 79.9. The minimum atomic E-state index is -1.04. The molecule has 0 aliphatic rings. The Morgan fingerprint density at radius 1 is 1.39 bits per heavy atom. The first-order valence-electron chi connectivity index (χ1n) is 5.56. The molecule has 1 unspecified atom stereocenters. The van der Waals surface area contributed by atoms with Gasteiger partial charge in [-0.3, -0.25) is 0 Å². The summed E-state index contributed by atoms with van der Waals surface area (Å²) in [7, 11) is 0. The lowest BCUT2D eigenvalue weighted by Gasteiger charge is -2.18. The number of aliphatic carboxylic acids is 1. The van der Waals surface area contributed by atoms with Gasteiger partial charge in [-0.05, 0) is 24.1 Å². The lowest BCUT2D eigenvalue weighted by molar-refractivity contribution is -0.312. The molecule has 4 nitrogen and oxygen atoms in total. The van der Waals surface area contributed by atoms with Crippen LogP contribution in [-0.2, 0) is 17.8 Å². The predicted octanol–water partition coefficient (Wildman–Crippen LogP) is 1.25. The molecule has 0 saturated carbocycles. The standard InChI is InChI=1S/C13H13BrN2O2/c14-12-3-1-10(2-4-12)7-11(13(17)18)8-16-6-5-15-9-16/h1-6,9,11H,7-8H2,(H,17,18)/p-1. The minimum absolute atomic E-state index is 0.373. The number of rotatable bonds is 5. The zero-order chi connectivity index (χ0) is 13.0. The molecular formula is C13H12BrN2O2-. The molecule has 5 heteroatoms. The van der Waals surface area contributed by atoms with Crippen LogP contribution in [0.5, 0.6) is 0 Å². The van der Waals surface area contributed by atoms with Gasteiger partial charge in [-0.1, -0.05) is 28.1 Å². The van der Waals surface area contributed by atoms with Crippen molar-refractivity contribution in [1.82, 2.24) is 9.55 Å². The van der Waals surface area contributed by atoms with E-state index in [9.17, 15) is 9.90 Å². The first-order chi connectivity index (χ1) is 8.65. The topological polar surface area (TPSA) is 57.9 Å². The van der Waals surface area contributed by atoms with Crippen molar-refractivity contribution in [3.05, 3.63) is 53.0 Å². The van der Waals surface area contributed by atoms with Crippen LogP contribution in [0.25, 0.3) is 0 Å². The monoisotopic (exact) mass is 307 g/mol. The molecule has 1 aromatic heterocycles. The first kappa shape index (κ1) is 12.8. The fourth-order valence-corrected chi connectivity index (χ4v) is 2.04. The van der Waals surface area contributed by atoms with Gasteiger partial charge in [0.2, 0.25) is 0 Å². The normalized spacial score (nSPS) is 12.3. The number of hydrogen-bond acceptors (Lipinski definition) is 3. The molecule has 0 saturated heterocycles. The quantitative estimate of drug-likeness (QED) is 0.835. The summed E-state index contributed by atoms with van der Waals surface area (Å²) in [5, 5.41) is 11.1. The molecule has 0 aliphatic heterocycles. The van der Waals surface area contributed by atoms with Crippen molar-refractivity contribution >= 4 is 21.9 Å². The number of halogens is 1. The Morgan fingerprint density at radius 3 is 2.67 bits per heavy atom. The molecule has 2 aromatic rings. The summed E-state index contributed by atoms with van der Waals surface area (Å²) in [6.07, 6.45) is 5.44. The zero-order valence-corrected chi connectivity index (χ0v) is 11.2. The van der Waals surface area contributed by atoms with E-state index in [-0.39, 0.29) is 0 Å². The average molecular weight is 308 g/mol. The Labute approximate surface area is 113 Å². The number of nitrogens with zero attached hydrogens (tertiary/aromatic N) is 2. The van der Waals surface area contributed by atoms with Crippen molar-refractivity contribution in [1.29, 1.82) is 0 Å². The number of carbonyl (C=O) groups excluding carboxylic acids is 1. The molecule has 0 bridgehead atoms. The SMILES string of the molecule is O=C([O-])C(Cc1ccc(Br)cc1)Cn1ccnc1. The van der Waals surface area contributed by atoms with Gasteiger partial charge in [-0.25, -0.2) is 4.98 Å².